The Morgan fingerprint density at radius 3 is 2.79 bits per heavy atom. The molecule has 3 aromatic rings. The number of nitrogens with one attached hydrogen (secondary N) is 2. The molecule has 28 heavy (non-hydrogen) atoms. The van der Waals surface area contributed by atoms with Gasteiger partial charge in [-0.2, -0.15) is 23.4 Å². The van der Waals surface area contributed by atoms with E-state index < -0.39 is 17.6 Å². The molecular weight excluding hydrogens is 393 g/mol. The van der Waals surface area contributed by atoms with E-state index in [0.29, 0.717) is 22.8 Å². The fourth-order valence-corrected chi connectivity index (χ4v) is 3.05. The molecule has 7 nitrogen and oxygen atoms in total. The molecule has 148 valence electrons. The van der Waals surface area contributed by atoms with E-state index in [-0.39, 0.29) is 17.8 Å². The molecule has 0 unspecified atom stereocenters. The van der Waals surface area contributed by atoms with Crippen LogP contribution in [0.25, 0.3) is 5.69 Å². The van der Waals surface area contributed by atoms with Crippen molar-refractivity contribution in [3.63, 3.8) is 0 Å². The standard InChI is InChI=1S/C17H17F3N6OS/c1-3-25-14(23-24-16(25)28)9-21-15(27)13-8-22-26(10(13)2)12-6-4-5-11(7-12)17(18,19)20/h4-8H,3,9H2,1-2H3,(H,21,27)(H,24,28). The minimum absolute atomic E-state index is 0.147. The van der Waals surface area contributed by atoms with Crippen LogP contribution in [0.4, 0.5) is 13.2 Å². The van der Waals surface area contributed by atoms with E-state index in [1.54, 1.807) is 11.5 Å². The van der Waals surface area contributed by atoms with Gasteiger partial charge in [0.2, 0.25) is 0 Å². The van der Waals surface area contributed by atoms with E-state index >= 15 is 0 Å². The van der Waals surface area contributed by atoms with Gasteiger partial charge in [0.05, 0.1) is 35.2 Å². The average molecular weight is 410 g/mol. The van der Waals surface area contributed by atoms with Crippen LogP contribution < -0.4 is 5.32 Å². The Bertz CT molecular complexity index is 1070. The van der Waals surface area contributed by atoms with Crippen molar-refractivity contribution in [2.45, 2.75) is 33.1 Å². The first kappa shape index (κ1) is 19.8. The lowest BCUT2D eigenvalue weighted by Gasteiger charge is -2.10. The second-order valence-corrected chi connectivity index (χ2v) is 6.36. The van der Waals surface area contributed by atoms with Crippen LogP contribution in [0.2, 0.25) is 0 Å². The van der Waals surface area contributed by atoms with Crippen molar-refractivity contribution in [2.24, 2.45) is 0 Å². The van der Waals surface area contributed by atoms with Gasteiger partial charge in [0.15, 0.2) is 10.6 Å². The lowest BCUT2D eigenvalue weighted by molar-refractivity contribution is -0.137. The third kappa shape index (κ3) is 3.84. The topological polar surface area (TPSA) is 80.5 Å². The van der Waals surface area contributed by atoms with Crippen molar-refractivity contribution in [3.8, 4) is 5.69 Å². The van der Waals surface area contributed by atoms with Crippen molar-refractivity contribution in [2.75, 3.05) is 0 Å². The summed E-state index contributed by atoms with van der Waals surface area (Å²) in [5.74, 6) is 0.163. The summed E-state index contributed by atoms with van der Waals surface area (Å²) in [6.07, 6.45) is -3.14. The van der Waals surface area contributed by atoms with Crippen LogP contribution >= 0.6 is 12.2 Å². The van der Waals surface area contributed by atoms with Gasteiger partial charge in [-0.15, -0.1) is 0 Å². The normalized spacial score (nSPS) is 11.6. The number of aromatic amines is 1. The molecule has 0 aliphatic carbocycles. The number of nitrogens with zero attached hydrogens (tertiary/aromatic N) is 4. The van der Waals surface area contributed by atoms with E-state index in [1.165, 1.54) is 23.0 Å². The Hall–Kier alpha value is -2.95. The summed E-state index contributed by atoms with van der Waals surface area (Å²) in [6.45, 7) is 4.27. The van der Waals surface area contributed by atoms with Crippen LogP contribution in [-0.2, 0) is 19.3 Å². The van der Waals surface area contributed by atoms with Gasteiger partial charge in [-0.25, -0.2) is 4.68 Å². The third-order valence-corrected chi connectivity index (χ3v) is 4.54. The number of carbonyl (C=O) groups is 1. The minimum atomic E-state index is -4.46. The third-order valence-electron chi connectivity index (χ3n) is 4.23. The molecule has 0 saturated carbocycles. The maximum atomic E-state index is 12.9. The van der Waals surface area contributed by atoms with E-state index in [4.69, 9.17) is 12.2 Å². The highest BCUT2D eigenvalue weighted by atomic mass is 32.1. The van der Waals surface area contributed by atoms with E-state index in [9.17, 15) is 18.0 Å². The van der Waals surface area contributed by atoms with Gasteiger partial charge >= 0.3 is 6.18 Å². The van der Waals surface area contributed by atoms with Gasteiger partial charge in [-0.05, 0) is 44.3 Å². The summed E-state index contributed by atoms with van der Waals surface area (Å²) in [5.41, 5.74) is 0.118. The summed E-state index contributed by atoms with van der Waals surface area (Å²) < 4.78 is 42.3. The molecule has 2 N–H and O–H groups in total. The smallest absolute Gasteiger partial charge is 0.345 e. The first-order chi connectivity index (χ1) is 13.2. The van der Waals surface area contributed by atoms with Gasteiger partial charge in [-0.3, -0.25) is 9.89 Å². The van der Waals surface area contributed by atoms with Crippen molar-refractivity contribution in [3.05, 3.63) is 57.9 Å². The van der Waals surface area contributed by atoms with E-state index in [2.05, 4.69) is 20.6 Å². The Labute approximate surface area is 163 Å². The number of aromatic nitrogens is 5. The summed E-state index contributed by atoms with van der Waals surface area (Å²) in [6, 6.07) is 4.76. The molecule has 11 heteroatoms. The molecule has 0 atom stereocenters. The van der Waals surface area contributed by atoms with Gasteiger partial charge in [0.1, 0.15) is 0 Å². The van der Waals surface area contributed by atoms with Crippen molar-refractivity contribution in [1.82, 2.24) is 29.9 Å². The van der Waals surface area contributed by atoms with Gasteiger partial charge < -0.3 is 9.88 Å². The number of carbonyl (C=O) groups excluding carboxylic acids is 1. The highest BCUT2D eigenvalue weighted by Gasteiger charge is 2.30. The van der Waals surface area contributed by atoms with Crippen LogP contribution in [0.5, 0.6) is 0 Å². The molecule has 0 fully saturated rings. The zero-order chi connectivity index (χ0) is 20.5. The largest absolute Gasteiger partial charge is 0.416 e. The molecule has 0 bridgehead atoms. The van der Waals surface area contributed by atoms with Crippen LogP contribution in [0.3, 0.4) is 0 Å². The predicted octanol–water partition coefficient (Wildman–Crippen LogP) is 3.40. The fourth-order valence-electron chi connectivity index (χ4n) is 2.77. The number of hydrogen-bond donors (Lipinski definition) is 2. The summed E-state index contributed by atoms with van der Waals surface area (Å²) >= 11 is 5.10. The number of halogens is 3. The number of amides is 1. The lowest BCUT2D eigenvalue weighted by Crippen LogP contribution is -2.25. The highest BCUT2D eigenvalue weighted by Crippen LogP contribution is 2.30. The van der Waals surface area contributed by atoms with Crippen LogP contribution in [-0.4, -0.2) is 30.5 Å². The molecule has 1 aromatic carbocycles. The summed E-state index contributed by atoms with van der Waals surface area (Å²) in [4.78, 5) is 12.5. The molecular formula is C17H17F3N6OS. The van der Waals surface area contributed by atoms with Crippen molar-refractivity contribution >= 4 is 18.1 Å². The zero-order valence-corrected chi connectivity index (χ0v) is 15.9. The molecule has 0 aliphatic rings. The first-order valence-electron chi connectivity index (χ1n) is 8.37. The Balaban J connectivity index is 1.81. The lowest BCUT2D eigenvalue weighted by atomic mass is 10.2. The van der Waals surface area contributed by atoms with Crippen LogP contribution in [0.15, 0.2) is 30.5 Å². The van der Waals surface area contributed by atoms with Gasteiger partial charge in [0, 0.05) is 6.54 Å². The van der Waals surface area contributed by atoms with E-state index in [0.717, 1.165) is 12.1 Å². The number of rotatable bonds is 5. The molecule has 0 aliphatic heterocycles. The number of alkyl halides is 3. The van der Waals surface area contributed by atoms with Crippen LogP contribution in [0.1, 0.15) is 34.4 Å². The Morgan fingerprint density at radius 1 is 1.36 bits per heavy atom. The summed E-state index contributed by atoms with van der Waals surface area (Å²) in [7, 11) is 0. The maximum absolute atomic E-state index is 12.9. The molecule has 1 amide bonds. The Morgan fingerprint density at radius 2 is 2.11 bits per heavy atom. The van der Waals surface area contributed by atoms with Gasteiger partial charge in [-0.1, -0.05) is 6.07 Å². The van der Waals surface area contributed by atoms with Gasteiger partial charge in [0.25, 0.3) is 5.91 Å². The highest BCUT2D eigenvalue weighted by molar-refractivity contribution is 7.71. The molecule has 0 spiro atoms. The molecule has 2 heterocycles. The molecule has 0 saturated heterocycles. The zero-order valence-electron chi connectivity index (χ0n) is 15.0. The fraction of sp³-hybridized carbons (Fsp3) is 0.294. The van der Waals surface area contributed by atoms with Crippen molar-refractivity contribution in [1.29, 1.82) is 0 Å². The Kier molecular flexibility index (Phi) is 5.36. The maximum Gasteiger partial charge on any atom is 0.416 e. The van der Waals surface area contributed by atoms with E-state index in [1.807, 2.05) is 6.92 Å². The molecule has 2 aromatic heterocycles. The minimum Gasteiger partial charge on any atom is -0.345 e. The number of H-pyrrole nitrogens is 1. The number of hydrogen-bond acceptors (Lipinski definition) is 4. The monoisotopic (exact) mass is 410 g/mol. The SMILES string of the molecule is CCn1c(CNC(=O)c2cnn(-c3cccc(C(F)(F)F)c3)c2C)n[nH]c1=S. The predicted molar refractivity (Wildman–Crippen MR) is 97.6 cm³/mol. The second-order valence-electron chi connectivity index (χ2n) is 5.98. The average Bonchev–Trinajstić information content (AvgIpc) is 3.21. The molecule has 0 radical (unpaired) electrons. The molecule has 3 rings (SSSR count). The number of benzene rings is 1. The second kappa shape index (κ2) is 7.58. The quantitative estimate of drug-likeness (QED) is 0.632. The summed E-state index contributed by atoms with van der Waals surface area (Å²) in [5, 5.41) is 13.5. The van der Waals surface area contributed by atoms with Crippen LogP contribution in [0, 0.1) is 11.7 Å². The first-order valence-corrected chi connectivity index (χ1v) is 8.77. The van der Waals surface area contributed by atoms with Crippen molar-refractivity contribution < 1.29 is 18.0 Å².